The molecule has 0 aliphatic heterocycles. The maximum atomic E-state index is 12.0. The summed E-state index contributed by atoms with van der Waals surface area (Å²) in [4.78, 5) is 0.176. The Labute approximate surface area is 114 Å². The van der Waals surface area contributed by atoms with Gasteiger partial charge in [0, 0.05) is 12.6 Å². The molecule has 0 aliphatic rings. The van der Waals surface area contributed by atoms with Gasteiger partial charge in [-0.15, -0.1) is 0 Å². The van der Waals surface area contributed by atoms with Gasteiger partial charge >= 0.3 is 0 Å². The fraction of sp³-hybridized carbons (Fsp3) is 0.538. The molecule has 0 saturated carbocycles. The van der Waals surface area contributed by atoms with Crippen LogP contribution >= 0.6 is 0 Å². The number of nitrogens with two attached hydrogens (primary N) is 1. The predicted octanol–water partition coefficient (Wildman–Crippen LogP) is 0.612. The van der Waals surface area contributed by atoms with E-state index >= 15 is 0 Å². The van der Waals surface area contributed by atoms with Crippen LogP contribution in [0.1, 0.15) is 31.9 Å². The minimum absolute atomic E-state index is 0.123. The van der Waals surface area contributed by atoms with Crippen LogP contribution in [-0.2, 0) is 9.84 Å². The Morgan fingerprint density at radius 1 is 1.32 bits per heavy atom. The molecular formula is C13H21NO4S. The van der Waals surface area contributed by atoms with E-state index in [1.807, 2.05) is 0 Å². The molecule has 1 aromatic rings. The van der Waals surface area contributed by atoms with Gasteiger partial charge in [0.25, 0.3) is 0 Å². The number of benzene rings is 1. The first-order valence-corrected chi connectivity index (χ1v) is 7.73. The lowest BCUT2D eigenvalue weighted by molar-refractivity contribution is 0.129. The summed E-state index contributed by atoms with van der Waals surface area (Å²) in [6.45, 7) is 3.09. The second-order valence-electron chi connectivity index (χ2n) is 4.79. The van der Waals surface area contributed by atoms with Crippen LogP contribution in [0.5, 0.6) is 0 Å². The van der Waals surface area contributed by atoms with Gasteiger partial charge in [0.1, 0.15) is 0 Å². The molecule has 0 spiro atoms. The number of aliphatic hydroxyl groups is 2. The summed E-state index contributed by atoms with van der Waals surface area (Å²) in [5, 5.41) is 18.3. The second-order valence-corrected chi connectivity index (χ2v) is 7.29. The number of hydrogen-bond donors (Lipinski definition) is 3. The van der Waals surface area contributed by atoms with Crippen molar-refractivity contribution in [2.45, 2.75) is 42.6 Å². The summed E-state index contributed by atoms with van der Waals surface area (Å²) in [5.74, 6) is 0. The zero-order valence-corrected chi connectivity index (χ0v) is 12.0. The van der Waals surface area contributed by atoms with Crippen LogP contribution in [0.4, 0.5) is 0 Å². The highest BCUT2D eigenvalue weighted by Crippen LogP contribution is 2.23. The molecule has 108 valence electrons. The first-order chi connectivity index (χ1) is 8.80. The van der Waals surface area contributed by atoms with E-state index in [1.165, 1.54) is 12.1 Å². The van der Waals surface area contributed by atoms with E-state index in [-0.39, 0.29) is 17.9 Å². The molecule has 0 aliphatic carbocycles. The molecule has 0 saturated heterocycles. The molecule has 6 heteroatoms. The third-order valence-corrected chi connectivity index (χ3v) is 5.17. The van der Waals surface area contributed by atoms with E-state index in [2.05, 4.69) is 0 Å². The molecule has 0 bridgehead atoms. The molecule has 2 atom stereocenters. The van der Waals surface area contributed by atoms with Gasteiger partial charge in [-0.25, -0.2) is 8.42 Å². The lowest BCUT2D eigenvalue weighted by atomic mass is 10.0. The largest absolute Gasteiger partial charge is 0.396 e. The van der Waals surface area contributed by atoms with E-state index < -0.39 is 27.2 Å². The Kier molecular flexibility index (Phi) is 5.49. The van der Waals surface area contributed by atoms with Crippen molar-refractivity contribution in [1.29, 1.82) is 0 Å². The van der Waals surface area contributed by atoms with Gasteiger partial charge < -0.3 is 15.9 Å². The molecule has 4 N–H and O–H groups in total. The number of hydrogen-bond acceptors (Lipinski definition) is 5. The topological polar surface area (TPSA) is 101 Å². The Morgan fingerprint density at radius 2 is 1.95 bits per heavy atom. The number of rotatable bonds is 6. The molecule has 19 heavy (non-hydrogen) atoms. The molecule has 0 heterocycles. The summed E-state index contributed by atoms with van der Waals surface area (Å²) in [5.41, 5.74) is 6.17. The summed E-state index contributed by atoms with van der Waals surface area (Å²) in [6, 6.07) is 5.53. The molecule has 1 aromatic carbocycles. The third-order valence-electron chi connectivity index (χ3n) is 3.02. The normalized spacial score (nSPS) is 15.5. The van der Waals surface area contributed by atoms with Crippen LogP contribution < -0.4 is 5.73 Å². The van der Waals surface area contributed by atoms with Crippen molar-refractivity contribution in [3.8, 4) is 0 Å². The van der Waals surface area contributed by atoms with Gasteiger partial charge in [0.2, 0.25) is 0 Å². The van der Waals surface area contributed by atoms with Gasteiger partial charge in [0.05, 0.1) is 16.2 Å². The van der Waals surface area contributed by atoms with E-state index in [9.17, 15) is 13.5 Å². The minimum Gasteiger partial charge on any atom is -0.396 e. The maximum Gasteiger partial charge on any atom is 0.180 e. The zero-order chi connectivity index (χ0) is 14.6. The second kappa shape index (κ2) is 6.47. The monoisotopic (exact) mass is 287 g/mol. The van der Waals surface area contributed by atoms with Crippen molar-refractivity contribution < 1.29 is 18.6 Å². The fourth-order valence-electron chi connectivity index (χ4n) is 1.70. The highest BCUT2D eigenvalue weighted by molar-refractivity contribution is 7.92. The van der Waals surface area contributed by atoms with Gasteiger partial charge in [-0.3, -0.25) is 0 Å². The van der Waals surface area contributed by atoms with Crippen molar-refractivity contribution in [3.63, 3.8) is 0 Å². The van der Waals surface area contributed by atoms with Crippen LogP contribution in [0.3, 0.4) is 0 Å². The molecular weight excluding hydrogens is 266 g/mol. The first kappa shape index (κ1) is 16.1. The van der Waals surface area contributed by atoms with E-state index in [0.29, 0.717) is 5.56 Å². The SMILES string of the molecule is CC(C)S(=O)(=O)c1cccc(C(O)C(N)CCO)c1. The van der Waals surface area contributed by atoms with Gasteiger partial charge in [0.15, 0.2) is 9.84 Å². The molecule has 0 radical (unpaired) electrons. The van der Waals surface area contributed by atoms with Gasteiger partial charge in [-0.1, -0.05) is 12.1 Å². The average molecular weight is 287 g/mol. The minimum atomic E-state index is -3.37. The predicted molar refractivity (Wildman–Crippen MR) is 73.4 cm³/mol. The molecule has 0 aromatic heterocycles. The molecule has 5 nitrogen and oxygen atoms in total. The Hall–Kier alpha value is -0.950. The Balaban J connectivity index is 3.08. The quantitative estimate of drug-likeness (QED) is 0.712. The van der Waals surface area contributed by atoms with Crippen molar-refractivity contribution in [3.05, 3.63) is 29.8 Å². The zero-order valence-electron chi connectivity index (χ0n) is 11.2. The van der Waals surface area contributed by atoms with E-state index in [0.717, 1.165) is 0 Å². The highest BCUT2D eigenvalue weighted by Gasteiger charge is 2.22. The number of aliphatic hydroxyl groups excluding tert-OH is 2. The highest BCUT2D eigenvalue weighted by atomic mass is 32.2. The van der Waals surface area contributed by atoms with Crippen LogP contribution in [0.15, 0.2) is 29.2 Å². The Bertz CT molecular complexity index is 513. The number of sulfone groups is 1. The van der Waals surface area contributed by atoms with Crippen LogP contribution in [-0.4, -0.2) is 36.5 Å². The smallest absolute Gasteiger partial charge is 0.180 e. The van der Waals surface area contributed by atoms with Crippen LogP contribution in [0, 0.1) is 0 Å². The standard InChI is InChI=1S/C13H21NO4S/c1-9(2)19(17,18)11-5-3-4-10(8-11)13(16)12(14)6-7-15/h3-5,8-9,12-13,15-16H,6-7,14H2,1-2H3. The Morgan fingerprint density at radius 3 is 2.47 bits per heavy atom. The van der Waals surface area contributed by atoms with E-state index in [4.69, 9.17) is 10.8 Å². The molecule has 1 rings (SSSR count). The van der Waals surface area contributed by atoms with Gasteiger partial charge in [-0.2, -0.15) is 0 Å². The summed E-state index contributed by atoms with van der Waals surface area (Å²) in [7, 11) is -3.37. The van der Waals surface area contributed by atoms with E-state index in [1.54, 1.807) is 26.0 Å². The van der Waals surface area contributed by atoms with Gasteiger partial charge in [-0.05, 0) is 38.0 Å². The maximum absolute atomic E-state index is 12.0. The summed E-state index contributed by atoms with van der Waals surface area (Å²) < 4.78 is 24.1. The molecule has 2 unspecified atom stereocenters. The van der Waals surface area contributed by atoms with Crippen LogP contribution in [0.25, 0.3) is 0 Å². The molecule has 0 fully saturated rings. The lowest BCUT2D eigenvalue weighted by Gasteiger charge is -2.19. The lowest BCUT2D eigenvalue weighted by Crippen LogP contribution is -2.29. The van der Waals surface area contributed by atoms with Crippen molar-refractivity contribution in [2.75, 3.05) is 6.61 Å². The van der Waals surface area contributed by atoms with Crippen molar-refractivity contribution in [1.82, 2.24) is 0 Å². The fourth-order valence-corrected chi connectivity index (χ4v) is 2.81. The van der Waals surface area contributed by atoms with Crippen molar-refractivity contribution in [2.24, 2.45) is 5.73 Å². The van der Waals surface area contributed by atoms with Crippen LogP contribution in [0.2, 0.25) is 0 Å². The summed E-state index contributed by atoms with van der Waals surface area (Å²) in [6.07, 6.45) is -0.739. The summed E-state index contributed by atoms with van der Waals surface area (Å²) >= 11 is 0. The third kappa shape index (κ3) is 3.76. The average Bonchev–Trinajstić information content (AvgIpc) is 2.38. The molecule has 0 amide bonds. The first-order valence-electron chi connectivity index (χ1n) is 6.19. The van der Waals surface area contributed by atoms with Crippen molar-refractivity contribution >= 4 is 9.84 Å².